The standard InChI is InChI=1S/C12H23N3O3/c1-2-10(12(17)18)15-7-3-4-9(8-15)11(16)14-6-5-13/h9-10H,2-8,13H2,1H3,(H,14,16)(H,17,18). The van der Waals surface area contributed by atoms with Gasteiger partial charge in [-0.3, -0.25) is 14.5 Å². The van der Waals surface area contributed by atoms with E-state index in [9.17, 15) is 9.59 Å². The third-order valence-corrected chi connectivity index (χ3v) is 3.38. The highest BCUT2D eigenvalue weighted by atomic mass is 16.4. The Kier molecular flexibility index (Phi) is 6.07. The van der Waals surface area contributed by atoms with E-state index in [0.29, 0.717) is 26.1 Å². The van der Waals surface area contributed by atoms with Crippen LogP contribution >= 0.6 is 0 Å². The first-order valence-corrected chi connectivity index (χ1v) is 6.54. The maximum atomic E-state index is 11.8. The summed E-state index contributed by atoms with van der Waals surface area (Å²) in [4.78, 5) is 24.9. The van der Waals surface area contributed by atoms with Crippen molar-refractivity contribution in [3.63, 3.8) is 0 Å². The molecule has 18 heavy (non-hydrogen) atoms. The van der Waals surface area contributed by atoms with E-state index in [-0.39, 0.29) is 11.8 Å². The molecule has 0 aromatic heterocycles. The van der Waals surface area contributed by atoms with E-state index in [1.54, 1.807) is 0 Å². The van der Waals surface area contributed by atoms with Gasteiger partial charge in [0.05, 0.1) is 5.92 Å². The number of rotatable bonds is 6. The molecular weight excluding hydrogens is 234 g/mol. The number of carbonyl (C=O) groups is 2. The molecule has 1 heterocycles. The van der Waals surface area contributed by atoms with Crippen molar-refractivity contribution in [3.05, 3.63) is 0 Å². The van der Waals surface area contributed by atoms with E-state index < -0.39 is 12.0 Å². The van der Waals surface area contributed by atoms with Gasteiger partial charge in [0.15, 0.2) is 0 Å². The quantitative estimate of drug-likeness (QED) is 0.604. The topological polar surface area (TPSA) is 95.7 Å². The third-order valence-electron chi connectivity index (χ3n) is 3.38. The molecule has 104 valence electrons. The van der Waals surface area contributed by atoms with Crippen LogP contribution in [0.5, 0.6) is 0 Å². The van der Waals surface area contributed by atoms with Gasteiger partial charge in [-0.05, 0) is 25.8 Å². The van der Waals surface area contributed by atoms with Gasteiger partial charge in [0, 0.05) is 19.6 Å². The fourth-order valence-corrected chi connectivity index (χ4v) is 2.43. The van der Waals surface area contributed by atoms with Crippen molar-refractivity contribution in [1.82, 2.24) is 10.2 Å². The zero-order chi connectivity index (χ0) is 13.5. The summed E-state index contributed by atoms with van der Waals surface area (Å²) in [6, 6.07) is -0.477. The van der Waals surface area contributed by atoms with Crippen molar-refractivity contribution >= 4 is 11.9 Å². The molecule has 2 unspecified atom stereocenters. The maximum Gasteiger partial charge on any atom is 0.320 e. The summed E-state index contributed by atoms with van der Waals surface area (Å²) in [5, 5.41) is 11.9. The molecule has 1 fully saturated rings. The van der Waals surface area contributed by atoms with Crippen LogP contribution in [0.1, 0.15) is 26.2 Å². The number of nitrogens with zero attached hydrogens (tertiary/aromatic N) is 1. The average Bonchev–Trinajstić information content (AvgIpc) is 2.36. The molecule has 0 bridgehead atoms. The molecule has 2 atom stereocenters. The Balaban J connectivity index is 2.54. The molecule has 0 aromatic carbocycles. The number of hydrogen-bond donors (Lipinski definition) is 3. The van der Waals surface area contributed by atoms with E-state index in [1.165, 1.54) is 0 Å². The smallest absolute Gasteiger partial charge is 0.320 e. The van der Waals surface area contributed by atoms with Gasteiger partial charge in [-0.1, -0.05) is 6.92 Å². The Morgan fingerprint density at radius 3 is 2.83 bits per heavy atom. The lowest BCUT2D eigenvalue weighted by Crippen LogP contribution is -2.50. The second-order valence-corrected chi connectivity index (χ2v) is 4.68. The zero-order valence-corrected chi connectivity index (χ0v) is 10.9. The minimum absolute atomic E-state index is 0.00890. The largest absolute Gasteiger partial charge is 0.480 e. The molecule has 0 saturated carbocycles. The third kappa shape index (κ3) is 3.96. The molecule has 4 N–H and O–H groups in total. The molecule has 0 aromatic rings. The molecule has 1 saturated heterocycles. The number of amides is 1. The minimum Gasteiger partial charge on any atom is -0.480 e. The van der Waals surface area contributed by atoms with Crippen LogP contribution in [0.15, 0.2) is 0 Å². The van der Waals surface area contributed by atoms with E-state index in [1.807, 2.05) is 11.8 Å². The monoisotopic (exact) mass is 257 g/mol. The predicted molar refractivity (Wildman–Crippen MR) is 68.1 cm³/mol. The number of aliphatic carboxylic acids is 1. The van der Waals surface area contributed by atoms with Crippen LogP contribution in [-0.4, -0.2) is 54.1 Å². The van der Waals surface area contributed by atoms with Crippen molar-refractivity contribution in [2.75, 3.05) is 26.2 Å². The first kappa shape index (κ1) is 14.9. The Morgan fingerprint density at radius 2 is 2.28 bits per heavy atom. The van der Waals surface area contributed by atoms with Crippen molar-refractivity contribution in [1.29, 1.82) is 0 Å². The van der Waals surface area contributed by atoms with Crippen LogP contribution in [-0.2, 0) is 9.59 Å². The van der Waals surface area contributed by atoms with Gasteiger partial charge in [-0.2, -0.15) is 0 Å². The molecule has 6 nitrogen and oxygen atoms in total. The summed E-state index contributed by atoms with van der Waals surface area (Å²) < 4.78 is 0. The zero-order valence-electron chi connectivity index (χ0n) is 10.9. The van der Waals surface area contributed by atoms with Gasteiger partial charge in [0.2, 0.25) is 5.91 Å². The first-order chi connectivity index (χ1) is 8.60. The van der Waals surface area contributed by atoms with Crippen molar-refractivity contribution < 1.29 is 14.7 Å². The fraction of sp³-hybridized carbons (Fsp3) is 0.833. The van der Waals surface area contributed by atoms with Gasteiger partial charge in [-0.15, -0.1) is 0 Å². The highest BCUT2D eigenvalue weighted by Gasteiger charge is 2.31. The Bertz CT molecular complexity index is 296. The number of nitrogens with one attached hydrogen (secondary N) is 1. The number of carboxylic acid groups (broad SMARTS) is 1. The van der Waals surface area contributed by atoms with Gasteiger partial charge in [0.25, 0.3) is 0 Å². The lowest BCUT2D eigenvalue weighted by atomic mass is 9.95. The first-order valence-electron chi connectivity index (χ1n) is 6.54. The summed E-state index contributed by atoms with van der Waals surface area (Å²) in [6.07, 6.45) is 2.25. The molecule has 1 amide bonds. The summed E-state index contributed by atoms with van der Waals surface area (Å²) in [5.74, 6) is -0.926. The molecule has 6 heteroatoms. The van der Waals surface area contributed by atoms with E-state index in [2.05, 4.69) is 5.32 Å². The Morgan fingerprint density at radius 1 is 1.56 bits per heavy atom. The number of nitrogens with two attached hydrogens (primary N) is 1. The fourth-order valence-electron chi connectivity index (χ4n) is 2.43. The molecule has 1 aliphatic rings. The van der Waals surface area contributed by atoms with Crippen LogP contribution in [0, 0.1) is 5.92 Å². The molecule has 0 aliphatic carbocycles. The summed E-state index contributed by atoms with van der Waals surface area (Å²) >= 11 is 0. The molecule has 0 spiro atoms. The molecular formula is C12H23N3O3. The lowest BCUT2D eigenvalue weighted by molar-refractivity contribution is -0.145. The van der Waals surface area contributed by atoms with Crippen LogP contribution in [0.2, 0.25) is 0 Å². The summed E-state index contributed by atoms with van der Waals surface area (Å²) in [6.45, 7) is 4.05. The molecule has 1 aliphatic heterocycles. The van der Waals surface area contributed by atoms with E-state index in [0.717, 1.165) is 19.4 Å². The van der Waals surface area contributed by atoms with Crippen molar-refractivity contribution in [3.8, 4) is 0 Å². The lowest BCUT2D eigenvalue weighted by Gasteiger charge is -2.35. The molecule has 1 rings (SSSR count). The molecule has 0 radical (unpaired) electrons. The van der Waals surface area contributed by atoms with Crippen LogP contribution in [0.3, 0.4) is 0 Å². The minimum atomic E-state index is -0.805. The van der Waals surface area contributed by atoms with Crippen LogP contribution < -0.4 is 11.1 Å². The Labute approximate surface area is 108 Å². The number of piperidine rings is 1. The number of carbonyl (C=O) groups excluding carboxylic acids is 1. The second-order valence-electron chi connectivity index (χ2n) is 4.68. The number of likely N-dealkylation sites (tertiary alicyclic amines) is 1. The van der Waals surface area contributed by atoms with Crippen LogP contribution in [0.25, 0.3) is 0 Å². The van der Waals surface area contributed by atoms with Crippen molar-refractivity contribution in [2.45, 2.75) is 32.2 Å². The number of carboxylic acids is 1. The van der Waals surface area contributed by atoms with Gasteiger partial charge >= 0.3 is 5.97 Å². The van der Waals surface area contributed by atoms with E-state index in [4.69, 9.17) is 10.8 Å². The van der Waals surface area contributed by atoms with E-state index >= 15 is 0 Å². The number of hydrogen-bond acceptors (Lipinski definition) is 4. The van der Waals surface area contributed by atoms with Gasteiger partial charge < -0.3 is 16.2 Å². The second kappa shape index (κ2) is 7.33. The van der Waals surface area contributed by atoms with Gasteiger partial charge in [0.1, 0.15) is 6.04 Å². The Hall–Kier alpha value is -1.14. The average molecular weight is 257 g/mol. The highest BCUT2D eigenvalue weighted by molar-refractivity contribution is 5.79. The van der Waals surface area contributed by atoms with Crippen molar-refractivity contribution in [2.24, 2.45) is 11.7 Å². The van der Waals surface area contributed by atoms with Crippen LogP contribution in [0.4, 0.5) is 0 Å². The summed E-state index contributed by atoms with van der Waals surface area (Å²) in [5.41, 5.74) is 5.34. The maximum absolute atomic E-state index is 11.8. The van der Waals surface area contributed by atoms with Gasteiger partial charge in [-0.25, -0.2) is 0 Å². The summed E-state index contributed by atoms with van der Waals surface area (Å²) in [7, 11) is 0. The predicted octanol–water partition coefficient (Wildman–Crippen LogP) is -0.363. The SMILES string of the molecule is CCC(C(=O)O)N1CCCC(C(=O)NCCN)C1. The highest BCUT2D eigenvalue weighted by Crippen LogP contribution is 2.20. The normalized spacial score (nSPS) is 22.4.